The zero-order chi connectivity index (χ0) is 12.6. The quantitative estimate of drug-likeness (QED) is 0.804. The number of anilines is 1. The number of nitrogens with zero attached hydrogens (tertiary/aromatic N) is 4. The third-order valence-electron chi connectivity index (χ3n) is 2.30. The molecule has 0 aliphatic carbocycles. The summed E-state index contributed by atoms with van der Waals surface area (Å²) in [6.45, 7) is 4.30. The number of hydrogen-bond acceptors (Lipinski definition) is 5. The number of nitrogens with one attached hydrogen (secondary N) is 1. The Labute approximate surface area is 106 Å². The van der Waals surface area contributed by atoms with Crippen LogP contribution in [-0.2, 0) is 6.54 Å². The van der Waals surface area contributed by atoms with Gasteiger partial charge in [0.05, 0.1) is 12.9 Å². The van der Waals surface area contributed by atoms with E-state index in [-0.39, 0.29) is 0 Å². The Balaban J connectivity index is 1.81. The molecule has 6 nitrogen and oxygen atoms in total. The van der Waals surface area contributed by atoms with Crippen molar-refractivity contribution in [2.75, 3.05) is 18.5 Å². The van der Waals surface area contributed by atoms with Gasteiger partial charge in [-0.15, -0.1) is 0 Å². The molecule has 0 saturated heterocycles. The monoisotopic (exact) mass is 247 g/mol. The van der Waals surface area contributed by atoms with Gasteiger partial charge in [-0.2, -0.15) is 4.98 Å². The summed E-state index contributed by atoms with van der Waals surface area (Å²) in [5.74, 6) is 1.20. The molecule has 18 heavy (non-hydrogen) atoms. The number of imidazole rings is 1. The number of ether oxygens (including phenoxy) is 1. The van der Waals surface area contributed by atoms with E-state index in [1.54, 1.807) is 24.8 Å². The summed E-state index contributed by atoms with van der Waals surface area (Å²) < 4.78 is 7.43. The maximum absolute atomic E-state index is 5.44. The maximum atomic E-state index is 5.44. The molecule has 2 aromatic heterocycles. The molecule has 0 bridgehead atoms. The van der Waals surface area contributed by atoms with Crippen molar-refractivity contribution in [2.24, 2.45) is 0 Å². The van der Waals surface area contributed by atoms with Gasteiger partial charge in [-0.25, -0.2) is 9.97 Å². The lowest BCUT2D eigenvalue weighted by molar-refractivity contribution is 0.305. The van der Waals surface area contributed by atoms with Gasteiger partial charge in [0.1, 0.15) is 0 Å². The van der Waals surface area contributed by atoms with Crippen molar-refractivity contribution < 1.29 is 4.74 Å². The molecule has 1 N–H and O–H groups in total. The van der Waals surface area contributed by atoms with Crippen molar-refractivity contribution in [3.63, 3.8) is 0 Å². The number of rotatable bonds is 7. The first-order valence-corrected chi connectivity index (χ1v) is 6.04. The SMILES string of the molecule is CCCOc1ccnc(NCCn2ccnc2)n1. The van der Waals surface area contributed by atoms with Gasteiger partial charge < -0.3 is 14.6 Å². The minimum Gasteiger partial charge on any atom is -0.478 e. The second kappa shape index (κ2) is 6.58. The van der Waals surface area contributed by atoms with Crippen LogP contribution in [0.25, 0.3) is 0 Å². The highest BCUT2D eigenvalue weighted by atomic mass is 16.5. The number of aromatic nitrogens is 4. The Hall–Kier alpha value is -2.11. The lowest BCUT2D eigenvalue weighted by Crippen LogP contribution is -2.11. The number of hydrogen-bond donors (Lipinski definition) is 1. The predicted octanol–water partition coefficient (Wildman–Crippen LogP) is 1.57. The highest BCUT2D eigenvalue weighted by molar-refractivity contribution is 5.27. The van der Waals surface area contributed by atoms with Gasteiger partial charge in [-0.3, -0.25) is 0 Å². The lowest BCUT2D eigenvalue weighted by Gasteiger charge is -2.07. The molecule has 2 rings (SSSR count). The zero-order valence-electron chi connectivity index (χ0n) is 10.4. The van der Waals surface area contributed by atoms with Gasteiger partial charge >= 0.3 is 0 Å². The second-order valence-corrected chi connectivity index (χ2v) is 3.79. The molecule has 96 valence electrons. The van der Waals surface area contributed by atoms with Crippen LogP contribution in [0.4, 0.5) is 5.95 Å². The fourth-order valence-corrected chi connectivity index (χ4v) is 1.43. The summed E-state index contributed by atoms with van der Waals surface area (Å²) in [4.78, 5) is 12.4. The summed E-state index contributed by atoms with van der Waals surface area (Å²) >= 11 is 0. The van der Waals surface area contributed by atoms with Gasteiger partial charge in [0.2, 0.25) is 11.8 Å². The zero-order valence-corrected chi connectivity index (χ0v) is 10.4. The molecule has 0 aliphatic rings. The molecule has 6 heteroatoms. The average molecular weight is 247 g/mol. The fraction of sp³-hybridized carbons (Fsp3) is 0.417. The van der Waals surface area contributed by atoms with E-state index in [2.05, 4.69) is 27.2 Å². The smallest absolute Gasteiger partial charge is 0.226 e. The Morgan fingerprint density at radius 2 is 2.33 bits per heavy atom. The van der Waals surface area contributed by atoms with Crippen LogP contribution < -0.4 is 10.1 Å². The van der Waals surface area contributed by atoms with Crippen LogP contribution >= 0.6 is 0 Å². The molecule has 2 aromatic rings. The van der Waals surface area contributed by atoms with Gasteiger partial charge in [-0.1, -0.05) is 6.92 Å². The first kappa shape index (κ1) is 12.3. The topological polar surface area (TPSA) is 64.9 Å². The Kier molecular flexibility index (Phi) is 4.52. The summed E-state index contributed by atoms with van der Waals surface area (Å²) in [5, 5.41) is 3.15. The third-order valence-corrected chi connectivity index (χ3v) is 2.30. The molecule has 0 atom stereocenters. The van der Waals surface area contributed by atoms with E-state index >= 15 is 0 Å². The normalized spacial score (nSPS) is 10.3. The molecule has 0 fully saturated rings. The van der Waals surface area contributed by atoms with Crippen LogP contribution in [0.3, 0.4) is 0 Å². The largest absolute Gasteiger partial charge is 0.478 e. The Morgan fingerprint density at radius 1 is 1.39 bits per heavy atom. The standard InChI is InChI=1S/C12H17N5O/c1-2-9-18-11-3-4-14-12(16-11)15-6-8-17-7-5-13-10-17/h3-5,7,10H,2,6,8-9H2,1H3,(H,14,15,16). The molecule has 0 spiro atoms. The van der Waals surface area contributed by atoms with Gasteiger partial charge in [0.25, 0.3) is 0 Å². The van der Waals surface area contributed by atoms with E-state index in [1.165, 1.54) is 0 Å². The van der Waals surface area contributed by atoms with Crippen molar-refractivity contribution in [3.8, 4) is 5.88 Å². The van der Waals surface area contributed by atoms with Crippen LogP contribution in [-0.4, -0.2) is 32.7 Å². The Bertz CT molecular complexity index is 457. The van der Waals surface area contributed by atoms with Crippen LogP contribution in [0.15, 0.2) is 31.0 Å². The second-order valence-electron chi connectivity index (χ2n) is 3.79. The van der Waals surface area contributed by atoms with Crippen molar-refractivity contribution in [1.82, 2.24) is 19.5 Å². The van der Waals surface area contributed by atoms with Gasteiger partial charge in [0, 0.05) is 37.7 Å². The molecule has 0 aromatic carbocycles. The van der Waals surface area contributed by atoms with Crippen molar-refractivity contribution in [3.05, 3.63) is 31.0 Å². The summed E-state index contributed by atoms with van der Waals surface area (Å²) in [6, 6.07) is 1.76. The minimum absolute atomic E-state index is 0.587. The Morgan fingerprint density at radius 3 is 3.11 bits per heavy atom. The first-order chi connectivity index (χ1) is 8.88. The molecule has 0 amide bonds. The van der Waals surface area contributed by atoms with E-state index in [4.69, 9.17) is 4.74 Å². The summed E-state index contributed by atoms with van der Waals surface area (Å²) in [7, 11) is 0. The predicted molar refractivity (Wildman–Crippen MR) is 68.5 cm³/mol. The van der Waals surface area contributed by atoms with E-state index in [0.29, 0.717) is 18.4 Å². The van der Waals surface area contributed by atoms with Gasteiger partial charge in [-0.05, 0) is 6.42 Å². The van der Waals surface area contributed by atoms with Crippen LogP contribution in [0.5, 0.6) is 5.88 Å². The van der Waals surface area contributed by atoms with E-state index in [0.717, 1.165) is 19.5 Å². The molecular weight excluding hydrogens is 230 g/mol. The highest BCUT2D eigenvalue weighted by Crippen LogP contribution is 2.08. The minimum atomic E-state index is 0.587. The van der Waals surface area contributed by atoms with E-state index < -0.39 is 0 Å². The molecule has 0 radical (unpaired) electrons. The molecule has 2 heterocycles. The van der Waals surface area contributed by atoms with Crippen LogP contribution in [0, 0.1) is 0 Å². The third kappa shape index (κ3) is 3.73. The van der Waals surface area contributed by atoms with Crippen molar-refractivity contribution >= 4 is 5.95 Å². The molecule has 0 unspecified atom stereocenters. The average Bonchev–Trinajstić information content (AvgIpc) is 2.90. The lowest BCUT2D eigenvalue weighted by atomic mass is 10.5. The summed E-state index contributed by atoms with van der Waals surface area (Å²) in [5.41, 5.74) is 0. The van der Waals surface area contributed by atoms with Crippen LogP contribution in [0.2, 0.25) is 0 Å². The van der Waals surface area contributed by atoms with Crippen LogP contribution in [0.1, 0.15) is 13.3 Å². The summed E-state index contributed by atoms with van der Waals surface area (Å²) in [6.07, 6.45) is 8.12. The van der Waals surface area contributed by atoms with E-state index in [9.17, 15) is 0 Å². The first-order valence-electron chi connectivity index (χ1n) is 6.04. The highest BCUT2D eigenvalue weighted by Gasteiger charge is 1.99. The van der Waals surface area contributed by atoms with E-state index in [1.807, 2.05) is 10.8 Å². The maximum Gasteiger partial charge on any atom is 0.226 e. The molecule has 0 aliphatic heterocycles. The van der Waals surface area contributed by atoms with Crippen molar-refractivity contribution in [2.45, 2.75) is 19.9 Å². The van der Waals surface area contributed by atoms with Gasteiger partial charge in [0.15, 0.2) is 0 Å². The van der Waals surface area contributed by atoms with Crippen molar-refractivity contribution in [1.29, 1.82) is 0 Å². The molecular formula is C12H17N5O. The molecule has 0 saturated carbocycles. The fourth-order valence-electron chi connectivity index (χ4n) is 1.43.